The number of nitrogens with one attached hydrogen (secondary N) is 1. The number of aliphatic hydroxyl groups excluding tert-OH is 1. The van der Waals surface area contributed by atoms with Gasteiger partial charge in [-0.3, -0.25) is 0 Å². The van der Waals surface area contributed by atoms with Crippen molar-refractivity contribution < 1.29 is 9.84 Å². The highest BCUT2D eigenvalue weighted by molar-refractivity contribution is 5.49. The number of rotatable bonds is 7. The number of hydrogen-bond donors (Lipinski definition) is 2. The summed E-state index contributed by atoms with van der Waals surface area (Å²) in [4.78, 5) is 6.38. The zero-order valence-electron chi connectivity index (χ0n) is 14.3. The van der Waals surface area contributed by atoms with Crippen molar-refractivity contribution in [1.82, 2.24) is 4.98 Å². The van der Waals surface area contributed by atoms with Crippen LogP contribution >= 0.6 is 0 Å². The molecule has 5 heteroatoms. The molecule has 1 aromatic carbocycles. The summed E-state index contributed by atoms with van der Waals surface area (Å²) in [5, 5.41) is 12.3. The molecule has 2 rings (SSSR count). The number of aliphatic hydroxyl groups is 1. The molecule has 0 fully saturated rings. The summed E-state index contributed by atoms with van der Waals surface area (Å²) in [7, 11) is 3.63. The fourth-order valence-electron chi connectivity index (χ4n) is 2.65. The molecule has 2 N–H and O–H groups in total. The van der Waals surface area contributed by atoms with Crippen LogP contribution in [0.5, 0.6) is 5.75 Å². The second-order valence-electron chi connectivity index (χ2n) is 5.66. The first-order chi connectivity index (χ1) is 11.0. The van der Waals surface area contributed by atoms with Gasteiger partial charge in [-0.15, -0.1) is 0 Å². The van der Waals surface area contributed by atoms with Gasteiger partial charge in [-0.2, -0.15) is 0 Å². The number of anilines is 2. The predicted octanol–water partition coefficient (Wildman–Crippen LogP) is 2.75. The Balaban J connectivity index is 2.01. The van der Waals surface area contributed by atoms with E-state index in [0.29, 0.717) is 13.1 Å². The van der Waals surface area contributed by atoms with E-state index >= 15 is 0 Å². The van der Waals surface area contributed by atoms with Crippen molar-refractivity contribution in [3.05, 3.63) is 47.2 Å². The molecule has 23 heavy (non-hydrogen) atoms. The van der Waals surface area contributed by atoms with Crippen LogP contribution in [-0.4, -0.2) is 37.4 Å². The summed E-state index contributed by atoms with van der Waals surface area (Å²) >= 11 is 0. The van der Waals surface area contributed by atoms with Gasteiger partial charge in [-0.1, -0.05) is 12.1 Å². The van der Waals surface area contributed by atoms with Gasteiger partial charge in [0, 0.05) is 20.1 Å². The van der Waals surface area contributed by atoms with Gasteiger partial charge in [0.05, 0.1) is 25.6 Å². The molecular formula is C18H25N3O2. The molecule has 0 aliphatic rings. The van der Waals surface area contributed by atoms with Crippen LogP contribution in [0.1, 0.15) is 16.7 Å². The lowest BCUT2D eigenvalue weighted by molar-refractivity contribution is 0.304. The van der Waals surface area contributed by atoms with Gasteiger partial charge < -0.3 is 20.1 Å². The molecule has 0 saturated carbocycles. The number of likely N-dealkylation sites (N-methyl/N-ethyl adjacent to an activating group) is 1. The summed E-state index contributed by atoms with van der Waals surface area (Å²) in [6, 6.07) is 8.20. The average molecular weight is 315 g/mol. The quantitative estimate of drug-likeness (QED) is 0.823. The Bertz CT molecular complexity index is 618. The number of nitrogens with zero attached hydrogens (tertiary/aromatic N) is 2. The van der Waals surface area contributed by atoms with Crippen molar-refractivity contribution >= 4 is 11.5 Å². The minimum absolute atomic E-state index is 0.132. The second-order valence-corrected chi connectivity index (χ2v) is 5.66. The molecule has 124 valence electrons. The Kier molecular flexibility index (Phi) is 5.82. The van der Waals surface area contributed by atoms with E-state index in [1.807, 2.05) is 30.3 Å². The van der Waals surface area contributed by atoms with Crippen molar-refractivity contribution in [3.63, 3.8) is 0 Å². The third-order valence-electron chi connectivity index (χ3n) is 3.82. The van der Waals surface area contributed by atoms with E-state index < -0.39 is 0 Å². The van der Waals surface area contributed by atoms with Crippen LogP contribution in [0.25, 0.3) is 0 Å². The Morgan fingerprint density at radius 3 is 2.43 bits per heavy atom. The number of aryl methyl sites for hydroxylation is 2. The van der Waals surface area contributed by atoms with E-state index in [-0.39, 0.29) is 6.61 Å². The molecule has 5 nitrogen and oxygen atoms in total. The molecule has 0 amide bonds. The lowest BCUT2D eigenvalue weighted by Gasteiger charge is -2.17. The average Bonchev–Trinajstić information content (AvgIpc) is 2.53. The summed E-state index contributed by atoms with van der Waals surface area (Å²) in [6.45, 7) is 5.55. The number of benzene rings is 1. The smallest absolute Gasteiger partial charge is 0.126 e. The Labute approximate surface area is 137 Å². The fraction of sp³-hybridized carbons (Fsp3) is 0.389. The first kappa shape index (κ1) is 17.1. The molecule has 0 atom stereocenters. The molecule has 0 unspecified atom stereocenters. The standard InChI is InChI=1S/C18H25N3O2/c1-13-9-15(10-14(2)18(13)23-4)11-19-17-6-5-16(12-20-17)21(3)7-8-22/h5-6,9-10,12,22H,7-8,11H2,1-4H3,(H,19,20). The number of hydrogen-bond acceptors (Lipinski definition) is 5. The van der Waals surface area contributed by atoms with Gasteiger partial charge in [0.15, 0.2) is 0 Å². The molecule has 2 aromatic rings. The molecule has 0 aliphatic heterocycles. The lowest BCUT2D eigenvalue weighted by atomic mass is 10.1. The van der Waals surface area contributed by atoms with Crippen LogP contribution < -0.4 is 15.0 Å². The zero-order valence-corrected chi connectivity index (χ0v) is 14.3. The van der Waals surface area contributed by atoms with Gasteiger partial charge >= 0.3 is 0 Å². The Morgan fingerprint density at radius 2 is 1.91 bits per heavy atom. The summed E-state index contributed by atoms with van der Waals surface area (Å²) in [5.41, 5.74) is 4.46. The third-order valence-corrected chi connectivity index (χ3v) is 3.82. The van der Waals surface area contributed by atoms with Gasteiger partial charge in [0.1, 0.15) is 11.6 Å². The summed E-state index contributed by atoms with van der Waals surface area (Å²) in [6.07, 6.45) is 1.81. The van der Waals surface area contributed by atoms with Crippen molar-refractivity contribution in [2.75, 3.05) is 37.5 Å². The Hall–Kier alpha value is -2.27. The molecule has 0 aliphatic carbocycles. The molecular weight excluding hydrogens is 290 g/mol. The van der Waals surface area contributed by atoms with Crippen LogP contribution in [0.3, 0.4) is 0 Å². The highest BCUT2D eigenvalue weighted by Gasteiger charge is 2.06. The van der Waals surface area contributed by atoms with E-state index in [0.717, 1.165) is 28.4 Å². The first-order valence-electron chi connectivity index (χ1n) is 7.71. The van der Waals surface area contributed by atoms with Gasteiger partial charge in [-0.25, -0.2) is 4.98 Å². The maximum atomic E-state index is 8.96. The van der Waals surface area contributed by atoms with E-state index in [4.69, 9.17) is 9.84 Å². The molecule has 0 bridgehead atoms. The van der Waals surface area contributed by atoms with E-state index in [1.165, 1.54) is 5.56 Å². The zero-order chi connectivity index (χ0) is 16.8. The van der Waals surface area contributed by atoms with Gasteiger partial charge in [-0.05, 0) is 42.7 Å². The van der Waals surface area contributed by atoms with Crippen LogP contribution in [-0.2, 0) is 6.54 Å². The fourth-order valence-corrected chi connectivity index (χ4v) is 2.65. The normalized spacial score (nSPS) is 10.5. The highest BCUT2D eigenvalue weighted by Crippen LogP contribution is 2.24. The van der Waals surface area contributed by atoms with Crippen molar-refractivity contribution in [1.29, 1.82) is 0 Å². The molecule has 0 radical (unpaired) electrons. The van der Waals surface area contributed by atoms with Gasteiger partial charge in [0.2, 0.25) is 0 Å². The monoisotopic (exact) mass is 315 g/mol. The predicted molar refractivity (Wildman–Crippen MR) is 94.4 cm³/mol. The number of pyridine rings is 1. The summed E-state index contributed by atoms with van der Waals surface area (Å²) < 4.78 is 5.39. The van der Waals surface area contributed by atoms with Crippen molar-refractivity contribution in [3.8, 4) is 5.75 Å². The van der Waals surface area contributed by atoms with Crippen LogP contribution in [0.2, 0.25) is 0 Å². The number of methoxy groups -OCH3 is 1. The second kappa shape index (κ2) is 7.83. The largest absolute Gasteiger partial charge is 0.496 e. The molecule has 1 aromatic heterocycles. The molecule has 0 saturated heterocycles. The van der Waals surface area contributed by atoms with E-state index in [9.17, 15) is 0 Å². The first-order valence-corrected chi connectivity index (χ1v) is 7.71. The minimum Gasteiger partial charge on any atom is -0.496 e. The number of aromatic nitrogens is 1. The maximum absolute atomic E-state index is 8.96. The number of ether oxygens (including phenoxy) is 1. The molecule has 1 heterocycles. The van der Waals surface area contributed by atoms with E-state index in [1.54, 1.807) is 7.11 Å². The highest BCUT2D eigenvalue weighted by atomic mass is 16.5. The van der Waals surface area contributed by atoms with Crippen molar-refractivity contribution in [2.24, 2.45) is 0 Å². The van der Waals surface area contributed by atoms with Crippen LogP contribution in [0.15, 0.2) is 30.5 Å². The Morgan fingerprint density at radius 1 is 1.22 bits per heavy atom. The topological polar surface area (TPSA) is 57.6 Å². The third kappa shape index (κ3) is 4.36. The van der Waals surface area contributed by atoms with E-state index in [2.05, 4.69) is 36.3 Å². The summed E-state index contributed by atoms with van der Waals surface area (Å²) in [5.74, 6) is 1.78. The van der Waals surface area contributed by atoms with Gasteiger partial charge in [0.25, 0.3) is 0 Å². The van der Waals surface area contributed by atoms with Crippen LogP contribution in [0.4, 0.5) is 11.5 Å². The molecule has 0 spiro atoms. The van der Waals surface area contributed by atoms with Crippen molar-refractivity contribution in [2.45, 2.75) is 20.4 Å². The minimum atomic E-state index is 0.132. The van der Waals surface area contributed by atoms with Crippen LogP contribution in [0, 0.1) is 13.8 Å². The SMILES string of the molecule is COc1c(C)cc(CNc2ccc(N(C)CCO)cn2)cc1C. The maximum Gasteiger partial charge on any atom is 0.126 e. The lowest BCUT2D eigenvalue weighted by Crippen LogP contribution is -2.21.